The maximum atomic E-state index is 11.3. The van der Waals surface area contributed by atoms with Crippen LogP contribution in [0.25, 0.3) is 0 Å². The van der Waals surface area contributed by atoms with Gasteiger partial charge in [0.15, 0.2) is 0 Å². The van der Waals surface area contributed by atoms with E-state index >= 15 is 0 Å². The van der Waals surface area contributed by atoms with Crippen LogP contribution in [0.15, 0.2) is 36.5 Å². The lowest BCUT2D eigenvalue weighted by molar-refractivity contribution is 0.0695. The van der Waals surface area contributed by atoms with Crippen LogP contribution in [0.2, 0.25) is 0 Å². The number of aryl methyl sites for hydroxylation is 1. The molecule has 0 fully saturated rings. The minimum Gasteiger partial charge on any atom is -0.478 e. The van der Waals surface area contributed by atoms with Gasteiger partial charge in [-0.2, -0.15) is 5.10 Å². The zero-order valence-electron chi connectivity index (χ0n) is 11.4. The van der Waals surface area contributed by atoms with Crippen LogP contribution in [0.4, 0.5) is 0 Å². The van der Waals surface area contributed by atoms with Gasteiger partial charge >= 0.3 is 5.97 Å². The molecule has 0 bridgehead atoms. The van der Waals surface area contributed by atoms with Crippen LogP contribution >= 0.6 is 0 Å². The molecular formula is C15H18N2O2. The van der Waals surface area contributed by atoms with E-state index in [1.165, 1.54) is 6.20 Å². The summed E-state index contributed by atoms with van der Waals surface area (Å²) in [5.41, 5.74) is 2.15. The zero-order chi connectivity index (χ0) is 14.0. The normalized spacial score (nSPS) is 12.6. The number of rotatable bonds is 4. The number of aromatic nitrogens is 2. The quantitative estimate of drug-likeness (QED) is 0.917. The lowest BCUT2D eigenvalue weighted by atomic mass is 9.84. The Hall–Kier alpha value is -2.10. The number of hydrogen-bond acceptors (Lipinski definition) is 2. The molecule has 2 rings (SSSR count). The minimum absolute atomic E-state index is 0.0276. The Bertz CT molecular complexity index is 573. The Balaban J connectivity index is 2.58. The zero-order valence-corrected chi connectivity index (χ0v) is 11.4. The summed E-state index contributed by atoms with van der Waals surface area (Å²) in [4.78, 5) is 11.3. The molecule has 0 aliphatic rings. The van der Waals surface area contributed by atoms with Crippen LogP contribution in [-0.2, 0) is 7.05 Å². The number of aromatic carboxylic acids is 1. The molecule has 2 aromatic rings. The standard InChI is InChI=1S/C15H18N2O2/c1-10(2)13(11-7-5-4-6-8-11)14-12(15(18)19)9-16-17(14)3/h4-10,13H,1-3H3,(H,18,19). The molecule has 1 unspecified atom stereocenters. The van der Waals surface area contributed by atoms with Gasteiger partial charge in [0, 0.05) is 13.0 Å². The monoisotopic (exact) mass is 258 g/mol. The second-order valence-electron chi connectivity index (χ2n) is 5.00. The molecule has 4 heteroatoms. The average molecular weight is 258 g/mol. The van der Waals surface area contributed by atoms with Gasteiger partial charge in [0.25, 0.3) is 0 Å². The van der Waals surface area contributed by atoms with Crippen molar-refractivity contribution in [1.29, 1.82) is 0 Å². The summed E-state index contributed by atoms with van der Waals surface area (Å²) in [6.45, 7) is 4.19. The van der Waals surface area contributed by atoms with Crippen LogP contribution < -0.4 is 0 Å². The van der Waals surface area contributed by atoms with Crippen molar-refractivity contribution in [1.82, 2.24) is 9.78 Å². The van der Waals surface area contributed by atoms with Crippen molar-refractivity contribution < 1.29 is 9.90 Å². The molecule has 0 saturated heterocycles. The Morgan fingerprint density at radius 3 is 2.42 bits per heavy atom. The van der Waals surface area contributed by atoms with Crippen LogP contribution in [0.3, 0.4) is 0 Å². The maximum Gasteiger partial charge on any atom is 0.339 e. The van der Waals surface area contributed by atoms with Gasteiger partial charge in [-0.25, -0.2) is 4.79 Å². The van der Waals surface area contributed by atoms with Crippen molar-refractivity contribution in [3.63, 3.8) is 0 Å². The molecule has 0 amide bonds. The van der Waals surface area contributed by atoms with Crippen molar-refractivity contribution >= 4 is 5.97 Å². The highest BCUT2D eigenvalue weighted by molar-refractivity contribution is 5.89. The third-order valence-corrected chi connectivity index (χ3v) is 3.33. The first-order valence-corrected chi connectivity index (χ1v) is 6.32. The first kappa shape index (κ1) is 13.3. The summed E-state index contributed by atoms with van der Waals surface area (Å²) in [5.74, 6) is -0.611. The molecule has 100 valence electrons. The highest BCUT2D eigenvalue weighted by atomic mass is 16.4. The Kier molecular flexibility index (Phi) is 3.69. The van der Waals surface area contributed by atoms with Crippen molar-refractivity contribution in [3.8, 4) is 0 Å². The minimum atomic E-state index is -0.926. The summed E-state index contributed by atoms with van der Waals surface area (Å²) >= 11 is 0. The average Bonchev–Trinajstić information content (AvgIpc) is 2.73. The predicted molar refractivity (Wildman–Crippen MR) is 73.3 cm³/mol. The largest absolute Gasteiger partial charge is 0.478 e. The summed E-state index contributed by atoms with van der Waals surface area (Å²) < 4.78 is 1.67. The molecule has 0 aliphatic carbocycles. The van der Waals surface area contributed by atoms with Gasteiger partial charge in [-0.3, -0.25) is 4.68 Å². The third kappa shape index (κ3) is 2.52. The number of carbonyl (C=O) groups is 1. The van der Waals surface area contributed by atoms with E-state index in [2.05, 4.69) is 18.9 Å². The molecule has 0 radical (unpaired) electrons. The molecule has 1 heterocycles. The van der Waals surface area contributed by atoms with E-state index in [1.54, 1.807) is 11.7 Å². The molecule has 0 aliphatic heterocycles. The topological polar surface area (TPSA) is 55.1 Å². The smallest absolute Gasteiger partial charge is 0.339 e. The predicted octanol–water partition coefficient (Wildman–Crippen LogP) is 2.91. The molecular weight excluding hydrogens is 240 g/mol. The van der Waals surface area contributed by atoms with Gasteiger partial charge < -0.3 is 5.11 Å². The molecule has 1 N–H and O–H groups in total. The van der Waals surface area contributed by atoms with Crippen LogP contribution in [0.5, 0.6) is 0 Å². The molecule has 1 aromatic carbocycles. The number of nitrogens with zero attached hydrogens (tertiary/aromatic N) is 2. The molecule has 4 nitrogen and oxygen atoms in total. The van der Waals surface area contributed by atoms with Gasteiger partial charge in [-0.05, 0) is 11.5 Å². The van der Waals surface area contributed by atoms with Crippen molar-refractivity contribution in [2.75, 3.05) is 0 Å². The Morgan fingerprint density at radius 2 is 1.89 bits per heavy atom. The number of carboxylic acid groups (broad SMARTS) is 1. The van der Waals surface area contributed by atoms with Crippen molar-refractivity contribution in [3.05, 3.63) is 53.3 Å². The van der Waals surface area contributed by atoms with Gasteiger partial charge in [-0.1, -0.05) is 44.2 Å². The van der Waals surface area contributed by atoms with E-state index < -0.39 is 5.97 Å². The van der Waals surface area contributed by atoms with Gasteiger partial charge in [-0.15, -0.1) is 0 Å². The Labute approximate surface area is 112 Å². The second-order valence-corrected chi connectivity index (χ2v) is 5.00. The number of hydrogen-bond donors (Lipinski definition) is 1. The van der Waals surface area contributed by atoms with Crippen LogP contribution in [0, 0.1) is 5.92 Å². The van der Waals surface area contributed by atoms with Crippen molar-refractivity contribution in [2.24, 2.45) is 13.0 Å². The second kappa shape index (κ2) is 5.26. The molecule has 1 atom stereocenters. The van der Waals surface area contributed by atoms with E-state index in [0.29, 0.717) is 0 Å². The Morgan fingerprint density at radius 1 is 1.26 bits per heavy atom. The SMILES string of the molecule is CC(C)C(c1ccccc1)c1c(C(=O)O)cnn1C. The fraction of sp³-hybridized carbons (Fsp3) is 0.333. The van der Waals surface area contributed by atoms with E-state index in [-0.39, 0.29) is 17.4 Å². The van der Waals surface area contributed by atoms with Gasteiger partial charge in [0.1, 0.15) is 5.56 Å². The van der Waals surface area contributed by atoms with Crippen LogP contribution in [-0.4, -0.2) is 20.9 Å². The number of carboxylic acids is 1. The summed E-state index contributed by atoms with van der Waals surface area (Å²) in [6.07, 6.45) is 1.43. The summed E-state index contributed by atoms with van der Waals surface area (Å²) in [7, 11) is 1.79. The molecule has 0 spiro atoms. The van der Waals surface area contributed by atoms with Gasteiger partial charge in [0.2, 0.25) is 0 Å². The molecule has 19 heavy (non-hydrogen) atoms. The van der Waals surface area contributed by atoms with Crippen molar-refractivity contribution in [2.45, 2.75) is 19.8 Å². The molecule has 1 aromatic heterocycles. The first-order chi connectivity index (χ1) is 9.02. The fourth-order valence-electron chi connectivity index (χ4n) is 2.50. The highest BCUT2D eigenvalue weighted by Crippen LogP contribution is 2.33. The summed E-state index contributed by atoms with van der Waals surface area (Å²) in [6, 6.07) is 9.97. The fourth-order valence-corrected chi connectivity index (χ4v) is 2.50. The van der Waals surface area contributed by atoms with E-state index in [4.69, 9.17) is 0 Å². The first-order valence-electron chi connectivity index (χ1n) is 6.32. The lowest BCUT2D eigenvalue weighted by Gasteiger charge is -2.22. The van der Waals surface area contributed by atoms with Crippen LogP contribution in [0.1, 0.15) is 41.4 Å². The highest BCUT2D eigenvalue weighted by Gasteiger charge is 2.27. The van der Waals surface area contributed by atoms with E-state index in [0.717, 1.165) is 11.3 Å². The van der Waals surface area contributed by atoms with E-state index in [9.17, 15) is 9.90 Å². The maximum absolute atomic E-state index is 11.3. The van der Waals surface area contributed by atoms with E-state index in [1.807, 2.05) is 30.3 Å². The molecule has 0 saturated carbocycles. The van der Waals surface area contributed by atoms with Gasteiger partial charge in [0.05, 0.1) is 11.9 Å². The lowest BCUT2D eigenvalue weighted by Crippen LogP contribution is -2.16. The number of benzene rings is 1. The summed E-state index contributed by atoms with van der Waals surface area (Å²) in [5, 5.41) is 13.4. The third-order valence-electron chi connectivity index (χ3n) is 3.33.